The molecule has 7 heteroatoms. The van der Waals surface area contributed by atoms with Crippen molar-refractivity contribution < 1.29 is 18.3 Å². The van der Waals surface area contributed by atoms with E-state index in [1.807, 2.05) is 36.9 Å². The van der Waals surface area contributed by atoms with E-state index in [4.69, 9.17) is 4.74 Å². The first-order chi connectivity index (χ1) is 16.0. The summed E-state index contributed by atoms with van der Waals surface area (Å²) >= 11 is 1.97. The fourth-order valence-electron chi connectivity index (χ4n) is 4.69. The highest BCUT2D eigenvalue weighted by Gasteiger charge is 2.35. The maximum Gasteiger partial charge on any atom is 0.264 e. The van der Waals surface area contributed by atoms with Gasteiger partial charge in [-0.2, -0.15) is 11.8 Å². The molecule has 1 N–H and O–H groups in total. The van der Waals surface area contributed by atoms with E-state index in [2.05, 4.69) is 6.58 Å². The molecule has 0 spiro atoms. The summed E-state index contributed by atoms with van der Waals surface area (Å²) in [4.78, 5) is 0.187. The first kappa shape index (κ1) is 24.2. The first-order valence-electron chi connectivity index (χ1n) is 11.7. The lowest BCUT2D eigenvalue weighted by molar-refractivity contribution is 0.226. The van der Waals surface area contributed by atoms with Crippen molar-refractivity contribution in [1.82, 2.24) is 0 Å². The summed E-state index contributed by atoms with van der Waals surface area (Å²) in [6.07, 6.45) is 6.39. The van der Waals surface area contributed by atoms with Crippen LogP contribution >= 0.6 is 11.8 Å². The molecule has 5 nitrogen and oxygen atoms in total. The van der Waals surface area contributed by atoms with Crippen LogP contribution in [-0.4, -0.2) is 37.7 Å². The number of hydrogen-bond donors (Lipinski definition) is 1. The molecule has 1 atom stereocenters. The lowest BCUT2D eigenvalue weighted by Gasteiger charge is -2.37. The monoisotopic (exact) mass is 487 g/mol. The molecule has 2 heterocycles. The minimum atomic E-state index is -3.80. The zero-order valence-electron chi connectivity index (χ0n) is 19.2. The van der Waals surface area contributed by atoms with Gasteiger partial charge in [-0.1, -0.05) is 25.6 Å². The fourth-order valence-corrected chi connectivity index (χ4v) is 7.74. The molecule has 2 aromatic rings. The summed E-state index contributed by atoms with van der Waals surface area (Å²) in [5.41, 5.74) is 3.25. The Morgan fingerprint density at radius 2 is 1.97 bits per heavy atom. The zero-order valence-corrected chi connectivity index (χ0v) is 20.8. The van der Waals surface area contributed by atoms with E-state index in [1.54, 1.807) is 28.6 Å². The molecule has 1 fully saturated rings. The van der Waals surface area contributed by atoms with E-state index in [9.17, 15) is 13.5 Å². The Kier molecular flexibility index (Phi) is 7.72. The number of benzene rings is 2. The summed E-state index contributed by atoms with van der Waals surface area (Å²) in [7, 11) is -3.80. The van der Waals surface area contributed by atoms with Gasteiger partial charge in [-0.05, 0) is 91.0 Å². The first-order valence-corrected chi connectivity index (χ1v) is 14.3. The van der Waals surface area contributed by atoms with E-state index in [-0.39, 0.29) is 17.5 Å². The van der Waals surface area contributed by atoms with Crippen LogP contribution in [0, 0.1) is 5.92 Å². The number of rotatable bonds is 8. The molecule has 0 aromatic heterocycles. The predicted molar refractivity (Wildman–Crippen MR) is 137 cm³/mol. The topological polar surface area (TPSA) is 66.8 Å². The van der Waals surface area contributed by atoms with Gasteiger partial charge in [0.05, 0.1) is 23.8 Å². The van der Waals surface area contributed by atoms with Crippen LogP contribution in [-0.2, 0) is 23.1 Å². The van der Waals surface area contributed by atoms with Gasteiger partial charge in [0.25, 0.3) is 10.0 Å². The van der Waals surface area contributed by atoms with Crippen molar-refractivity contribution in [2.45, 2.75) is 56.6 Å². The van der Waals surface area contributed by atoms with Gasteiger partial charge in [0, 0.05) is 11.6 Å². The molecule has 0 saturated carbocycles. The van der Waals surface area contributed by atoms with Crippen molar-refractivity contribution in [3.63, 3.8) is 0 Å². The van der Waals surface area contributed by atoms with Crippen molar-refractivity contribution in [1.29, 1.82) is 0 Å². The number of ether oxygens (including phenoxy) is 1. The Labute approximate surface area is 201 Å². The van der Waals surface area contributed by atoms with Crippen molar-refractivity contribution >= 4 is 33.5 Å². The molecule has 0 radical (unpaired) electrons. The summed E-state index contributed by atoms with van der Waals surface area (Å²) in [5.74, 6) is 3.39. The van der Waals surface area contributed by atoms with E-state index >= 15 is 0 Å². The number of nitrogens with zero attached hydrogens (tertiary/aromatic N) is 1. The SMILES string of the molecule is C=Cc1ccc2c(c1)CCC(CC)N2S(=O)(=O)c1ccc(OCC2CCSCC2)c(CO)c1. The van der Waals surface area contributed by atoms with Gasteiger partial charge in [0.2, 0.25) is 0 Å². The molecule has 2 aromatic carbocycles. The van der Waals surface area contributed by atoms with Crippen LogP contribution < -0.4 is 9.04 Å². The summed E-state index contributed by atoms with van der Waals surface area (Å²) in [6.45, 7) is 6.19. The van der Waals surface area contributed by atoms with Gasteiger partial charge in [0.15, 0.2) is 0 Å². The van der Waals surface area contributed by atoms with Gasteiger partial charge in [-0.25, -0.2) is 8.42 Å². The highest BCUT2D eigenvalue weighted by atomic mass is 32.2. The predicted octanol–water partition coefficient (Wildman–Crippen LogP) is 5.26. The Morgan fingerprint density at radius 3 is 2.67 bits per heavy atom. The third kappa shape index (κ3) is 5.10. The highest BCUT2D eigenvalue weighted by molar-refractivity contribution is 7.99. The number of sulfonamides is 1. The van der Waals surface area contributed by atoms with Crippen molar-refractivity contribution in [3.8, 4) is 5.75 Å². The second-order valence-corrected chi connectivity index (χ2v) is 11.8. The molecule has 2 aliphatic rings. The minimum Gasteiger partial charge on any atom is -0.493 e. The normalized spacial score (nSPS) is 19.2. The Bertz CT molecular complexity index is 1090. The van der Waals surface area contributed by atoms with Crippen molar-refractivity contribution in [2.24, 2.45) is 5.92 Å². The molecular formula is C26H33NO4S2. The van der Waals surface area contributed by atoms with Crippen LogP contribution in [0.15, 0.2) is 47.9 Å². The van der Waals surface area contributed by atoms with Gasteiger partial charge in [-0.15, -0.1) is 0 Å². The lowest BCUT2D eigenvalue weighted by atomic mass is 9.95. The van der Waals surface area contributed by atoms with E-state index < -0.39 is 10.0 Å². The maximum atomic E-state index is 13.8. The average molecular weight is 488 g/mol. The molecule has 4 rings (SSSR count). The molecule has 1 saturated heterocycles. The molecule has 178 valence electrons. The standard InChI is InChI=1S/C26H33NO4S2/c1-3-19-5-9-25-21(15-19)6-7-23(4-2)27(25)33(29,30)24-8-10-26(22(16-24)17-28)31-18-20-11-13-32-14-12-20/h3,5,8-10,15-16,20,23,28H,1,4,6-7,11-14,17-18H2,2H3. The Balaban J connectivity index is 1.64. The molecular weight excluding hydrogens is 454 g/mol. The van der Waals surface area contributed by atoms with Crippen LogP contribution in [0.4, 0.5) is 5.69 Å². The molecule has 1 unspecified atom stereocenters. The zero-order chi connectivity index (χ0) is 23.4. The third-order valence-electron chi connectivity index (χ3n) is 6.70. The van der Waals surface area contributed by atoms with Crippen LogP contribution in [0.3, 0.4) is 0 Å². The number of fused-ring (bicyclic) bond motifs is 1. The van der Waals surface area contributed by atoms with Crippen LogP contribution in [0.25, 0.3) is 6.08 Å². The Morgan fingerprint density at radius 1 is 1.18 bits per heavy atom. The van der Waals surface area contributed by atoms with Crippen LogP contribution in [0.2, 0.25) is 0 Å². The number of anilines is 1. The number of aliphatic hydroxyl groups is 1. The van der Waals surface area contributed by atoms with Crippen molar-refractivity contribution in [3.05, 3.63) is 59.7 Å². The third-order valence-corrected chi connectivity index (χ3v) is 9.61. The lowest BCUT2D eigenvalue weighted by Crippen LogP contribution is -2.43. The number of hydrogen-bond acceptors (Lipinski definition) is 5. The number of thioether (sulfide) groups is 1. The summed E-state index contributed by atoms with van der Waals surface area (Å²) < 4.78 is 35.3. The quantitative estimate of drug-likeness (QED) is 0.550. The Hall–Kier alpha value is -1.96. The van der Waals surface area contributed by atoms with Gasteiger partial charge >= 0.3 is 0 Å². The van der Waals surface area contributed by atoms with Crippen molar-refractivity contribution in [2.75, 3.05) is 22.4 Å². The van der Waals surface area contributed by atoms with Crippen LogP contribution in [0.1, 0.15) is 49.3 Å². The molecule has 0 amide bonds. The molecule has 33 heavy (non-hydrogen) atoms. The van der Waals surface area contributed by atoms with E-state index in [0.29, 0.717) is 23.8 Å². The second kappa shape index (κ2) is 10.5. The summed E-state index contributed by atoms with van der Waals surface area (Å²) in [6, 6.07) is 10.6. The molecule has 2 aliphatic heterocycles. The minimum absolute atomic E-state index is 0.102. The number of aryl methyl sites for hydroxylation is 1. The summed E-state index contributed by atoms with van der Waals surface area (Å²) in [5, 5.41) is 9.97. The second-order valence-electron chi connectivity index (χ2n) is 8.79. The smallest absolute Gasteiger partial charge is 0.264 e. The fraction of sp³-hybridized carbons (Fsp3) is 0.462. The highest BCUT2D eigenvalue weighted by Crippen LogP contribution is 2.38. The largest absolute Gasteiger partial charge is 0.493 e. The van der Waals surface area contributed by atoms with Gasteiger partial charge < -0.3 is 9.84 Å². The maximum absolute atomic E-state index is 13.8. The van der Waals surface area contributed by atoms with Gasteiger partial charge in [0.1, 0.15) is 5.75 Å². The molecule has 0 bridgehead atoms. The molecule has 0 aliphatic carbocycles. The van der Waals surface area contributed by atoms with Gasteiger partial charge in [-0.3, -0.25) is 4.31 Å². The van der Waals surface area contributed by atoms with Crippen LogP contribution in [0.5, 0.6) is 5.75 Å². The van der Waals surface area contributed by atoms with E-state index in [0.717, 1.165) is 60.4 Å². The average Bonchev–Trinajstić information content (AvgIpc) is 2.86. The number of aliphatic hydroxyl groups excluding tert-OH is 1. The van der Waals surface area contributed by atoms with E-state index in [1.165, 1.54) is 0 Å².